The van der Waals surface area contributed by atoms with E-state index >= 15 is 0 Å². The lowest BCUT2D eigenvalue weighted by Crippen LogP contribution is -2.46. The number of halogens is 3. The molecular formula is C15H16F3N3O. The highest BCUT2D eigenvalue weighted by molar-refractivity contribution is 6.00. The molecular weight excluding hydrogens is 295 g/mol. The van der Waals surface area contributed by atoms with Crippen molar-refractivity contribution in [1.82, 2.24) is 14.7 Å². The van der Waals surface area contributed by atoms with Crippen LogP contribution in [0.3, 0.4) is 0 Å². The van der Waals surface area contributed by atoms with E-state index in [0.29, 0.717) is 24.2 Å². The quantitative estimate of drug-likeness (QED) is 0.947. The zero-order valence-electron chi connectivity index (χ0n) is 12.2. The maximum Gasteiger partial charge on any atom is 0.408 e. The number of hydrogen-bond donors (Lipinski definition) is 1. The Labute approximate surface area is 125 Å². The molecule has 7 heteroatoms. The molecule has 2 aromatic rings. The lowest BCUT2D eigenvalue weighted by atomic mass is 10.1. The predicted octanol–water partition coefficient (Wildman–Crippen LogP) is 3.02. The van der Waals surface area contributed by atoms with Crippen LogP contribution in [0.5, 0.6) is 0 Å². The summed E-state index contributed by atoms with van der Waals surface area (Å²) in [5.74, 6) is -1.23. The summed E-state index contributed by atoms with van der Waals surface area (Å²) in [5, 5.41) is 2.14. The van der Waals surface area contributed by atoms with Gasteiger partial charge in [0, 0.05) is 17.6 Å². The van der Waals surface area contributed by atoms with Gasteiger partial charge in [-0.25, -0.2) is 4.98 Å². The van der Waals surface area contributed by atoms with Crippen molar-refractivity contribution in [2.75, 3.05) is 0 Å². The van der Waals surface area contributed by atoms with Gasteiger partial charge in [0.25, 0.3) is 5.91 Å². The van der Waals surface area contributed by atoms with Gasteiger partial charge in [0.05, 0.1) is 5.56 Å². The number of hydrogen-bond acceptors (Lipinski definition) is 2. The van der Waals surface area contributed by atoms with Crippen molar-refractivity contribution in [3.05, 3.63) is 35.3 Å². The van der Waals surface area contributed by atoms with Crippen molar-refractivity contribution in [2.45, 2.75) is 38.9 Å². The van der Waals surface area contributed by atoms with Crippen LogP contribution in [0.2, 0.25) is 0 Å². The second kappa shape index (κ2) is 5.00. The van der Waals surface area contributed by atoms with Crippen LogP contribution in [0.1, 0.15) is 34.6 Å². The number of nitrogens with one attached hydrogen (secondary N) is 1. The molecule has 3 rings (SSSR count). The fraction of sp³-hybridized carbons (Fsp3) is 0.467. The van der Waals surface area contributed by atoms with Gasteiger partial charge in [0.1, 0.15) is 11.7 Å². The van der Waals surface area contributed by atoms with Crippen molar-refractivity contribution >= 4 is 11.6 Å². The number of carbonyl (C=O) groups excluding carboxylic acids is 1. The number of aromatic nitrogens is 2. The molecule has 0 aliphatic heterocycles. The van der Waals surface area contributed by atoms with E-state index in [2.05, 4.69) is 10.3 Å². The van der Waals surface area contributed by atoms with Gasteiger partial charge in [-0.05, 0) is 44.7 Å². The Morgan fingerprint density at radius 1 is 1.41 bits per heavy atom. The van der Waals surface area contributed by atoms with Crippen LogP contribution >= 0.6 is 0 Å². The zero-order valence-corrected chi connectivity index (χ0v) is 12.2. The number of aryl methyl sites for hydroxylation is 2. The molecule has 118 valence electrons. The van der Waals surface area contributed by atoms with Gasteiger partial charge in [-0.3, -0.25) is 4.79 Å². The highest BCUT2D eigenvalue weighted by Gasteiger charge is 2.49. The Morgan fingerprint density at radius 3 is 2.68 bits per heavy atom. The van der Waals surface area contributed by atoms with E-state index in [-0.39, 0.29) is 5.56 Å². The lowest BCUT2D eigenvalue weighted by Gasteiger charge is -2.21. The summed E-state index contributed by atoms with van der Waals surface area (Å²) in [4.78, 5) is 16.5. The molecule has 0 spiro atoms. The van der Waals surface area contributed by atoms with Crippen molar-refractivity contribution < 1.29 is 18.0 Å². The van der Waals surface area contributed by atoms with E-state index < -0.39 is 24.0 Å². The minimum atomic E-state index is -4.42. The highest BCUT2D eigenvalue weighted by Crippen LogP contribution is 2.40. The molecule has 2 heterocycles. The fourth-order valence-corrected chi connectivity index (χ4v) is 2.69. The lowest BCUT2D eigenvalue weighted by molar-refractivity contribution is -0.158. The van der Waals surface area contributed by atoms with Crippen LogP contribution in [-0.2, 0) is 0 Å². The molecule has 1 fully saturated rings. The number of carbonyl (C=O) groups is 1. The van der Waals surface area contributed by atoms with Gasteiger partial charge in [-0.15, -0.1) is 0 Å². The highest BCUT2D eigenvalue weighted by atomic mass is 19.4. The third-order valence-electron chi connectivity index (χ3n) is 3.92. The Bertz CT molecular complexity index is 731. The summed E-state index contributed by atoms with van der Waals surface area (Å²) in [6.45, 7) is 3.64. The number of amides is 1. The summed E-state index contributed by atoms with van der Waals surface area (Å²) in [7, 11) is 0. The van der Waals surface area contributed by atoms with Crippen LogP contribution in [0, 0.1) is 19.8 Å². The van der Waals surface area contributed by atoms with Crippen molar-refractivity contribution in [2.24, 2.45) is 5.92 Å². The summed E-state index contributed by atoms with van der Waals surface area (Å²) in [6.07, 6.45) is -1.79. The fourth-order valence-electron chi connectivity index (χ4n) is 2.69. The molecule has 0 saturated heterocycles. The normalized spacial score (nSPS) is 16.8. The molecule has 22 heavy (non-hydrogen) atoms. The average Bonchev–Trinajstić information content (AvgIpc) is 3.13. The zero-order chi connectivity index (χ0) is 16.1. The number of nitrogens with zero attached hydrogens (tertiary/aromatic N) is 2. The van der Waals surface area contributed by atoms with Gasteiger partial charge in [-0.2, -0.15) is 13.2 Å². The summed E-state index contributed by atoms with van der Waals surface area (Å²) >= 11 is 0. The van der Waals surface area contributed by atoms with E-state index in [9.17, 15) is 18.0 Å². The maximum atomic E-state index is 13.0. The van der Waals surface area contributed by atoms with E-state index in [1.165, 1.54) is 6.07 Å². The average molecular weight is 311 g/mol. The van der Waals surface area contributed by atoms with E-state index in [1.807, 2.05) is 13.0 Å². The molecule has 1 unspecified atom stereocenters. The number of fused-ring (bicyclic) bond motifs is 1. The Morgan fingerprint density at radius 2 is 2.09 bits per heavy atom. The predicted molar refractivity (Wildman–Crippen MR) is 74.7 cm³/mol. The second-order valence-corrected chi connectivity index (χ2v) is 5.79. The first-order valence-electron chi connectivity index (χ1n) is 7.10. The first-order valence-corrected chi connectivity index (χ1v) is 7.10. The summed E-state index contributed by atoms with van der Waals surface area (Å²) in [6, 6.07) is 1.57. The second-order valence-electron chi connectivity index (χ2n) is 5.79. The molecule has 1 N–H and O–H groups in total. The number of rotatable bonds is 3. The largest absolute Gasteiger partial charge is 0.408 e. The molecule has 1 atom stereocenters. The van der Waals surface area contributed by atoms with Gasteiger partial charge >= 0.3 is 6.18 Å². The van der Waals surface area contributed by atoms with Crippen LogP contribution in [0.25, 0.3) is 5.65 Å². The Kier molecular flexibility index (Phi) is 3.38. The molecule has 4 nitrogen and oxygen atoms in total. The van der Waals surface area contributed by atoms with Crippen LogP contribution in [-0.4, -0.2) is 27.5 Å². The monoisotopic (exact) mass is 311 g/mol. The first-order chi connectivity index (χ1) is 10.3. The molecule has 0 bridgehead atoms. The van der Waals surface area contributed by atoms with Gasteiger partial charge < -0.3 is 9.72 Å². The Hall–Kier alpha value is -2.05. The minimum Gasteiger partial charge on any atom is -0.340 e. The molecule has 0 aromatic carbocycles. The smallest absolute Gasteiger partial charge is 0.340 e. The molecule has 0 radical (unpaired) electrons. The molecule has 1 aliphatic rings. The summed E-state index contributed by atoms with van der Waals surface area (Å²) in [5.41, 5.74) is 2.14. The van der Waals surface area contributed by atoms with Crippen LogP contribution in [0.4, 0.5) is 13.2 Å². The van der Waals surface area contributed by atoms with Gasteiger partial charge in [0.2, 0.25) is 0 Å². The minimum absolute atomic E-state index is 0.168. The van der Waals surface area contributed by atoms with Crippen molar-refractivity contribution in [3.8, 4) is 0 Å². The summed E-state index contributed by atoms with van der Waals surface area (Å²) < 4.78 is 40.8. The maximum absolute atomic E-state index is 13.0. The Balaban J connectivity index is 1.92. The van der Waals surface area contributed by atoms with Crippen molar-refractivity contribution in [3.63, 3.8) is 0 Å². The molecule has 1 aliphatic carbocycles. The first kappa shape index (κ1) is 14.9. The van der Waals surface area contributed by atoms with Gasteiger partial charge in [0.15, 0.2) is 0 Å². The van der Waals surface area contributed by atoms with E-state index in [1.54, 1.807) is 17.5 Å². The molecule has 2 aromatic heterocycles. The molecule has 1 saturated carbocycles. The van der Waals surface area contributed by atoms with Crippen LogP contribution in [0.15, 0.2) is 18.3 Å². The third kappa shape index (κ3) is 2.67. The topological polar surface area (TPSA) is 46.4 Å². The van der Waals surface area contributed by atoms with Gasteiger partial charge in [-0.1, -0.05) is 0 Å². The van der Waals surface area contributed by atoms with E-state index in [0.717, 1.165) is 5.69 Å². The van der Waals surface area contributed by atoms with Crippen molar-refractivity contribution in [1.29, 1.82) is 0 Å². The number of alkyl halides is 3. The standard InChI is InChI=1S/C15H16F3N3O/c1-8-7-9(2)21-6-5-11(13(21)19-8)14(22)20-12(10-3-4-10)15(16,17)18/h5-7,10,12H,3-4H2,1-2H3,(H,20,22). The van der Waals surface area contributed by atoms with E-state index in [4.69, 9.17) is 0 Å². The van der Waals surface area contributed by atoms with Crippen LogP contribution < -0.4 is 5.32 Å². The molecule has 1 amide bonds. The third-order valence-corrected chi connectivity index (χ3v) is 3.92. The SMILES string of the molecule is Cc1cc(C)n2ccc(C(=O)NC(C3CC3)C(F)(F)F)c2n1.